The molecule has 0 aromatic heterocycles. The Morgan fingerprint density at radius 1 is 1.14 bits per heavy atom. The van der Waals surface area contributed by atoms with Crippen LogP contribution in [0.5, 0.6) is 5.75 Å². The van der Waals surface area contributed by atoms with Gasteiger partial charge in [0.1, 0.15) is 5.82 Å². The second-order valence-electron chi connectivity index (χ2n) is 4.84. The third-order valence-electron chi connectivity index (χ3n) is 3.24. The Morgan fingerprint density at radius 2 is 1.86 bits per heavy atom. The summed E-state index contributed by atoms with van der Waals surface area (Å²) >= 11 is 5.97. The van der Waals surface area contributed by atoms with Crippen molar-refractivity contribution in [2.75, 3.05) is 7.11 Å². The number of halogens is 3. The van der Waals surface area contributed by atoms with E-state index >= 15 is 0 Å². The Bertz CT molecular complexity index is 634. The lowest BCUT2D eigenvalue weighted by molar-refractivity contribution is 0.383. The fourth-order valence-electron chi connectivity index (χ4n) is 2.20. The molecule has 0 saturated heterocycles. The smallest absolute Gasteiger partial charge is 0.168 e. The van der Waals surface area contributed by atoms with Gasteiger partial charge in [0.25, 0.3) is 0 Å². The van der Waals surface area contributed by atoms with Crippen molar-refractivity contribution in [3.05, 3.63) is 64.2 Å². The molecule has 2 N–H and O–H groups in total. The van der Waals surface area contributed by atoms with Gasteiger partial charge < -0.3 is 10.5 Å². The molecule has 2 aromatic carbocycles. The maximum absolute atomic E-state index is 14.0. The predicted molar refractivity (Wildman–Crippen MR) is 79.7 cm³/mol. The lowest BCUT2D eigenvalue weighted by atomic mass is 9.99. The van der Waals surface area contributed by atoms with Crippen molar-refractivity contribution in [2.24, 2.45) is 5.73 Å². The van der Waals surface area contributed by atoms with Gasteiger partial charge >= 0.3 is 0 Å². The molecule has 21 heavy (non-hydrogen) atoms. The Hall–Kier alpha value is -1.65. The zero-order valence-corrected chi connectivity index (χ0v) is 12.3. The summed E-state index contributed by atoms with van der Waals surface area (Å²) in [6, 6.07) is 8.80. The SMILES string of the molecule is COc1cccc(CC(N)Cc2ccc(F)cc2Cl)c1F. The molecule has 0 spiro atoms. The normalized spacial score (nSPS) is 12.2. The summed E-state index contributed by atoms with van der Waals surface area (Å²) in [7, 11) is 1.42. The summed E-state index contributed by atoms with van der Waals surface area (Å²) in [5, 5.41) is 0.330. The van der Waals surface area contributed by atoms with Crippen LogP contribution >= 0.6 is 11.6 Å². The van der Waals surface area contributed by atoms with Crippen molar-refractivity contribution in [1.29, 1.82) is 0 Å². The van der Waals surface area contributed by atoms with E-state index in [0.29, 0.717) is 23.4 Å². The molecule has 2 rings (SSSR count). The second kappa shape index (κ2) is 6.87. The first-order valence-corrected chi connectivity index (χ1v) is 6.90. The summed E-state index contributed by atoms with van der Waals surface area (Å²) < 4.78 is 32.0. The number of ether oxygens (including phenoxy) is 1. The molecule has 0 amide bonds. The molecular weight excluding hydrogens is 296 g/mol. The highest BCUT2D eigenvalue weighted by Crippen LogP contribution is 2.23. The van der Waals surface area contributed by atoms with E-state index in [0.717, 1.165) is 5.56 Å². The molecule has 1 atom stereocenters. The Labute approximate surface area is 127 Å². The van der Waals surface area contributed by atoms with Crippen LogP contribution in [0.15, 0.2) is 36.4 Å². The number of hydrogen-bond donors (Lipinski definition) is 1. The molecule has 0 bridgehead atoms. The standard InChI is InChI=1S/C16H16ClF2NO/c1-21-15-4-2-3-11(16(15)19)8-13(20)7-10-5-6-12(18)9-14(10)17/h2-6,9,13H,7-8,20H2,1H3. The van der Waals surface area contributed by atoms with Gasteiger partial charge in [-0.15, -0.1) is 0 Å². The molecule has 0 aliphatic rings. The van der Waals surface area contributed by atoms with Crippen LogP contribution in [0.3, 0.4) is 0 Å². The van der Waals surface area contributed by atoms with Crippen molar-refractivity contribution >= 4 is 11.6 Å². The summed E-state index contributed by atoms with van der Waals surface area (Å²) in [6.07, 6.45) is 0.784. The van der Waals surface area contributed by atoms with Crippen LogP contribution in [0.4, 0.5) is 8.78 Å². The number of rotatable bonds is 5. The molecule has 2 nitrogen and oxygen atoms in total. The van der Waals surface area contributed by atoms with Crippen molar-refractivity contribution in [3.8, 4) is 5.75 Å². The van der Waals surface area contributed by atoms with Gasteiger partial charge in [0.2, 0.25) is 0 Å². The van der Waals surface area contributed by atoms with Crippen LogP contribution in [-0.2, 0) is 12.8 Å². The summed E-state index contributed by atoms with van der Waals surface area (Å²) in [5.74, 6) is -0.601. The van der Waals surface area contributed by atoms with Gasteiger partial charge in [-0.25, -0.2) is 8.78 Å². The largest absolute Gasteiger partial charge is 0.494 e. The third-order valence-corrected chi connectivity index (χ3v) is 3.59. The quantitative estimate of drug-likeness (QED) is 0.913. The monoisotopic (exact) mass is 311 g/mol. The Morgan fingerprint density at radius 3 is 2.52 bits per heavy atom. The highest BCUT2D eigenvalue weighted by molar-refractivity contribution is 6.31. The van der Waals surface area contributed by atoms with Crippen LogP contribution in [0.2, 0.25) is 5.02 Å². The van der Waals surface area contributed by atoms with E-state index in [4.69, 9.17) is 22.1 Å². The van der Waals surface area contributed by atoms with Gasteiger partial charge in [-0.2, -0.15) is 0 Å². The first-order valence-electron chi connectivity index (χ1n) is 6.52. The van der Waals surface area contributed by atoms with E-state index in [1.165, 1.54) is 19.2 Å². The van der Waals surface area contributed by atoms with Crippen LogP contribution in [-0.4, -0.2) is 13.2 Å². The minimum atomic E-state index is -0.402. The van der Waals surface area contributed by atoms with Gasteiger partial charge in [0, 0.05) is 11.1 Å². The Kier molecular flexibility index (Phi) is 5.15. The average Bonchev–Trinajstić information content (AvgIpc) is 2.44. The van der Waals surface area contributed by atoms with Crippen molar-refractivity contribution in [1.82, 2.24) is 0 Å². The second-order valence-corrected chi connectivity index (χ2v) is 5.24. The van der Waals surface area contributed by atoms with Crippen LogP contribution in [0, 0.1) is 11.6 Å². The van der Waals surface area contributed by atoms with Crippen LogP contribution in [0.1, 0.15) is 11.1 Å². The van der Waals surface area contributed by atoms with Crippen LogP contribution in [0.25, 0.3) is 0 Å². The average molecular weight is 312 g/mol. The zero-order chi connectivity index (χ0) is 15.4. The molecule has 1 unspecified atom stereocenters. The topological polar surface area (TPSA) is 35.2 Å². The molecule has 2 aromatic rings. The molecule has 0 heterocycles. The summed E-state index contributed by atoms with van der Waals surface area (Å²) in [5.41, 5.74) is 7.28. The first kappa shape index (κ1) is 15.7. The van der Waals surface area contributed by atoms with E-state index < -0.39 is 11.6 Å². The van der Waals surface area contributed by atoms with E-state index in [-0.39, 0.29) is 11.8 Å². The van der Waals surface area contributed by atoms with Crippen molar-refractivity contribution in [3.63, 3.8) is 0 Å². The number of methoxy groups -OCH3 is 1. The molecule has 0 aliphatic heterocycles. The lowest BCUT2D eigenvalue weighted by Crippen LogP contribution is -2.26. The van der Waals surface area contributed by atoms with Gasteiger partial charge in [0.15, 0.2) is 11.6 Å². The van der Waals surface area contributed by atoms with Gasteiger partial charge in [-0.05, 0) is 42.2 Å². The van der Waals surface area contributed by atoms with Crippen molar-refractivity contribution in [2.45, 2.75) is 18.9 Å². The fraction of sp³-hybridized carbons (Fsp3) is 0.250. The molecule has 112 valence electrons. The molecule has 0 radical (unpaired) electrons. The molecule has 0 saturated carbocycles. The van der Waals surface area contributed by atoms with E-state index in [2.05, 4.69) is 0 Å². The van der Waals surface area contributed by atoms with Gasteiger partial charge in [-0.3, -0.25) is 0 Å². The van der Waals surface area contributed by atoms with E-state index in [9.17, 15) is 8.78 Å². The maximum atomic E-state index is 14.0. The first-order chi connectivity index (χ1) is 10.0. The highest BCUT2D eigenvalue weighted by atomic mass is 35.5. The number of benzene rings is 2. The van der Waals surface area contributed by atoms with E-state index in [1.54, 1.807) is 24.3 Å². The summed E-state index contributed by atoms with van der Waals surface area (Å²) in [4.78, 5) is 0. The number of nitrogens with two attached hydrogens (primary N) is 1. The van der Waals surface area contributed by atoms with E-state index in [1.807, 2.05) is 0 Å². The van der Waals surface area contributed by atoms with Gasteiger partial charge in [-0.1, -0.05) is 29.8 Å². The minimum absolute atomic E-state index is 0.194. The Balaban J connectivity index is 2.10. The molecular formula is C16H16ClF2NO. The molecule has 5 heteroatoms. The molecule has 0 fully saturated rings. The highest BCUT2D eigenvalue weighted by Gasteiger charge is 2.14. The molecule has 0 aliphatic carbocycles. The van der Waals surface area contributed by atoms with Gasteiger partial charge in [0.05, 0.1) is 7.11 Å². The van der Waals surface area contributed by atoms with Crippen LogP contribution < -0.4 is 10.5 Å². The summed E-state index contributed by atoms with van der Waals surface area (Å²) in [6.45, 7) is 0. The maximum Gasteiger partial charge on any atom is 0.168 e. The van der Waals surface area contributed by atoms with Crippen molar-refractivity contribution < 1.29 is 13.5 Å². The zero-order valence-electron chi connectivity index (χ0n) is 11.6. The lowest BCUT2D eigenvalue weighted by Gasteiger charge is -2.14. The minimum Gasteiger partial charge on any atom is -0.494 e. The predicted octanol–water partition coefficient (Wildman–Crippen LogP) is 3.74. The fourth-order valence-corrected chi connectivity index (χ4v) is 2.44. The third kappa shape index (κ3) is 3.93. The number of hydrogen-bond acceptors (Lipinski definition) is 2.